The first-order valence-electron chi connectivity index (χ1n) is 4.34. The van der Waals surface area contributed by atoms with Crippen molar-refractivity contribution in [1.29, 1.82) is 0 Å². The second-order valence-electron chi connectivity index (χ2n) is 2.81. The molecular formula is C10H15N3. The summed E-state index contributed by atoms with van der Waals surface area (Å²) in [5, 5.41) is 3.17. The Labute approximate surface area is 78.7 Å². The van der Waals surface area contributed by atoms with Gasteiger partial charge in [0.2, 0.25) is 0 Å². The Kier molecular flexibility index (Phi) is 3.99. The number of hydrogen-bond acceptors (Lipinski definition) is 3. The summed E-state index contributed by atoms with van der Waals surface area (Å²) in [6, 6.07) is 3.98. The summed E-state index contributed by atoms with van der Waals surface area (Å²) < 4.78 is 0. The number of aromatic nitrogens is 1. The van der Waals surface area contributed by atoms with Gasteiger partial charge < -0.3 is 11.1 Å². The van der Waals surface area contributed by atoms with Crippen molar-refractivity contribution in [1.82, 2.24) is 4.98 Å². The van der Waals surface area contributed by atoms with Crippen LogP contribution in [0, 0.1) is 6.92 Å². The minimum atomic E-state index is 0.586. The van der Waals surface area contributed by atoms with E-state index in [-0.39, 0.29) is 0 Å². The molecule has 0 atom stereocenters. The zero-order chi connectivity index (χ0) is 9.52. The third-order valence-corrected chi connectivity index (χ3v) is 1.62. The number of hydrogen-bond donors (Lipinski definition) is 2. The molecule has 0 radical (unpaired) electrons. The number of pyridine rings is 1. The number of nitrogens with one attached hydrogen (secondary N) is 1. The third kappa shape index (κ3) is 3.71. The van der Waals surface area contributed by atoms with E-state index in [9.17, 15) is 0 Å². The van der Waals surface area contributed by atoms with Gasteiger partial charge in [-0.1, -0.05) is 12.2 Å². The van der Waals surface area contributed by atoms with Gasteiger partial charge in [-0.3, -0.25) is 0 Å². The standard InChI is InChI=1S/C10H15N3/c1-9-4-7-13-10(8-9)12-6-3-2-5-11/h2-4,7-8H,5-6,11H2,1H3,(H,12,13)/b3-2+. The van der Waals surface area contributed by atoms with Crippen LogP contribution in [0.3, 0.4) is 0 Å². The number of anilines is 1. The molecule has 1 aromatic rings. The average molecular weight is 177 g/mol. The lowest BCUT2D eigenvalue weighted by molar-refractivity contribution is 1.19. The lowest BCUT2D eigenvalue weighted by Crippen LogP contribution is -2.01. The van der Waals surface area contributed by atoms with Gasteiger partial charge in [-0.05, 0) is 24.6 Å². The van der Waals surface area contributed by atoms with Crippen LogP contribution in [-0.4, -0.2) is 18.1 Å². The van der Waals surface area contributed by atoms with Crippen molar-refractivity contribution in [3.63, 3.8) is 0 Å². The van der Waals surface area contributed by atoms with Crippen LogP contribution in [0.15, 0.2) is 30.5 Å². The van der Waals surface area contributed by atoms with Crippen LogP contribution < -0.4 is 11.1 Å². The van der Waals surface area contributed by atoms with Gasteiger partial charge in [0.05, 0.1) is 0 Å². The predicted octanol–water partition coefficient (Wildman–Crippen LogP) is 1.32. The van der Waals surface area contributed by atoms with Crippen molar-refractivity contribution in [2.75, 3.05) is 18.4 Å². The van der Waals surface area contributed by atoms with Gasteiger partial charge in [-0.25, -0.2) is 4.98 Å². The second kappa shape index (κ2) is 5.32. The molecule has 3 nitrogen and oxygen atoms in total. The first-order valence-corrected chi connectivity index (χ1v) is 4.34. The monoisotopic (exact) mass is 177 g/mol. The van der Waals surface area contributed by atoms with Crippen LogP contribution in [0.2, 0.25) is 0 Å². The Morgan fingerprint density at radius 3 is 3.08 bits per heavy atom. The van der Waals surface area contributed by atoms with E-state index in [1.165, 1.54) is 5.56 Å². The van der Waals surface area contributed by atoms with Crippen molar-refractivity contribution < 1.29 is 0 Å². The molecule has 1 heterocycles. The largest absolute Gasteiger partial charge is 0.367 e. The molecule has 0 aromatic carbocycles. The first-order chi connectivity index (χ1) is 6.33. The predicted molar refractivity (Wildman–Crippen MR) is 55.7 cm³/mol. The maximum absolute atomic E-state index is 5.30. The molecule has 1 rings (SSSR count). The minimum absolute atomic E-state index is 0.586. The molecule has 3 N–H and O–H groups in total. The number of aryl methyl sites for hydroxylation is 1. The Morgan fingerprint density at radius 1 is 1.54 bits per heavy atom. The summed E-state index contributed by atoms with van der Waals surface area (Å²) in [5.41, 5.74) is 6.51. The number of nitrogens with two attached hydrogens (primary N) is 1. The quantitative estimate of drug-likeness (QED) is 0.682. The molecule has 0 saturated carbocycles. The van der Waals surface area contributed by atoms with E-state index in [2.05, 4.69) is 10.3 Å². The minimum Gasteiger partial charge on any atom is -0.367 e. The molecular weight excluding hydrogens is 162 g/mol. The molecule has 0 unspecified atom stereocenters. The Morgan fingerprint density at radius 2 is 2.38 bits per heavy atom. The van der Waals surface area contributed by atoms with Crippen molar-refractivity contribution in [2.24, 2.45) is 5.73 Å². The van der Waals surface area contributed by atoms with Gasteiger partial charge in [0.25, 0.3) is 0 Å². The summed E-state index contributed by atoms with van der Waals surface area (Å²) in [6.45, 7) is 3.40. The summed E-state index contributed by atoms with van der Waals surface area (Å²) in [6.07, 6.45) is 5.71. The van der Waals surface area contributed by atoms with Crippen LogP contribution in [0.5, 0.6) is 0 Å². The SMILES string of the molecule is Cc1ccnc(NC/C=C/CN)c1. The van der Waals surface area contributed by atoms with Crippen LogP contribution in [-0.2, 0) is 0 Å². The van der Waals surface area contributed by atoms with Crippen LogP contribution >= 0.6 is 0 Å². The van der Waals surface area contributed by atoms with Crippen molar-refractivity contribution in [2.45, 2.75) is 6.92 Å². The molecule has 0 saturated heterocycles. The maximum atomic E-state index is 5.30. The molecule has 0 aliphatic rings. The average Bonchev–Trinajstić information content (AvgIpc) is 2.13. The highest BCUT2D eigenvalue weighted by atomic mass is 15.0. The second-order valence-corrected chi connectivity index (χ2v) is 2.81. The highest BCUT2D eigenvalue weighted by Gasteiger charge is 1.89. The zero-order valence-electron chi connectivity index (χ0n) is 7.83. The molecule has 0 bridgehead atoms. The molecule has 1 aromatic heterocycles. The van der Waals surface area contributed by atoms with Gasteiger partial charge in [0, 0.05) is 19.3 Å². The fourth-order valence-electron chi connectivity index (χ4n) is 0.976. The van der Waals surface area contributed by atoms with Crippen molar-refractivity contribution in [3.05, 3.63) is 36.0 Å². The topological polar surface area (TPSA) is 50.9 Å². The molecule has 0 amide bonds. The van der Waals surface area contributed by atoms with Gasteiger partial charge in [0.15, 0.2) is 0 Å². The maximum Gasteiger partial charge on any atom is 0.126 e. The molecule has 13 heavy (non-hydrogen) atoms. The number of nitrogens with zero attached hydrogens (tertiary/aromatic N) is 1. The van der Waals surface area contributed by atoms with Gasteiger partial charge >= 0.3 is 0 Å². The lowest BCUT2D eigenvalue weighted by Gasteiger charge is -2.01. The van der Waals surface area contributed by atoms with Crippen LogP contribution in [0.1, 0.15) is 5.56 Å². The van der Waals surface area contributed by atoms with E-state index >= 15 is 0 Å². The van der Waals surface area contributed by atoms with Crippen LogP contribution in [0.4, 0.5) is 5.82 Å². The normalized spacial score (nSPS) is 10.6. The Hall–Kier alpha value is -1.35. The van der Waals surface area contributed by atoms with Crippen LogP contribution in [0.25, 0.3) is 0 Å². The van der Waals surface area contributed by atoms with Crippen molar-refractivity contribution in [3.8, 4) is 0 Å². The van der Waals surface area contributed by atoms with E-state index in [0.717, 1.165) is 12.4 Å². The molecule has 0 aliphatic carbocycles. The third-order valence-electron chi connectivity index (χ3n) is 1.62. The number of rotatable bonds is 4. The fourth-order valence-corrected chi connectivity index (χ4v) is 0.976. The Bertz CT molecular complexity index is 281. The molecule has 0 spiro atoms. The van der Waals surface area contributed by atoms with Gasteiger partial charge in [0.1, 0.15) is 5.82 Å². The smallest absolute Gasteiger partial charge is 0.126 e. The fraction of sp³-hybridized carbons (Fsp3) is 0.300. The summed E-state index contributed by atoms with van der Waals surface area (Å²) in [5.74, 6) is 0.904. The Balaban J connectivity index is 2.41. The summed E-state index contributed by atoms with van der Waals surface area (Å²) >= 11 is 0. The summed E-state index contributed by atoms with van der Waals surface area (Å²) in [7, 11) is 0. The molecule has 3 heteroatoms. The zero-order valence-corrected chi connectivity index (χ0v) is 7.83. The summed E-state index contributed by atoms with van der Waals surface area (Å²) in [4.78, 5) is 4.16. The molecule has 0 aliphatic heterocycles. The van der Waals surface area contributed by atoms with E-state index < -0.39 is 0 Å². The molecule has 70 valence electrons. The van der Waals surface area contributed by atoms with E-state index in [1.54, 1.807) is 6.20 Å². The molecule has 0 fully saturated rings. The first kappa shape index (κ1) is 9.74. The van der Waals surface area contributed by atoms with Crippen molar-refractivity contribution >= 4 is 5.82 Å². The van der Waals surface area contributed by atoms with Gasteiger partial charge in [-0.15, -0.1) is 0 Å². The van der Waals surface area contributed by atoms with E-state index in [4.69, 9.17) is 5.73 Å². The van der Waals surface area contributed by atoms with E-state index in [0.29, 0.717) is 6.54 Å². The highest BCUT2D eigenvalue weighted by molar-refractivity contribution is 5.37. The van der Waals surface area contributed by atoms with Gasteiger partial charge in [-0.2, -0.15) is 0 Å². The van der Waals surface area contributed by atoms with E-state index in [1.807, 2.05) is 31.2 Å². The lowest BCUT2D eigenvalue weighted by atomic mass is 10.3. The highest BCUT2D eigenvalue weighted by Crippen LogP contribution is 2.04.